The Hall–Kier alpha value is -2.14. The number of ether oxygens (including phenoxy) is 1. The number of aromatic nitrogens is 1. The van der Waals surface area contributed by atoms with Crippen LogP contribution in [0.1, 0.15) is 5.56 Å². The number of hydrogen-bond donors (Lipinski definition) is 0. The molecule has 0 radical (unpaired) electrons. The summed E-state index contributed by atoms with van der Waals surface area (Å²) in [7, 11) is 0. The summed E-state index contributed by atoms with van der Waals surface area (Å²) in [6, 6.07) is 7.82. The monoisotopic (exact) mass is 264 g/mol. The summed E-state index contributed by atoms with van der Waals surface area (Å²) in [5.41, 5.74) is 0.416. The number of nitro benzene ring substituents is 1. The normalized spacial score (nSPS) is 10.1. The average molecular weight is 265 g/mol. The van der Waals surface area contributed by atoms with E-state index in [-0.39, 0.29) is 12.3 Å². The van der Waals surface area contributed by atoms with Crippen LogP contribution in [0.2, 0.25) is 5.02 Å². The fourth-order valence-corrected chi connectivity index (χ4v) is 1.64. The first-order valence-electron chi connectivity index (χ1n) is 5.12. The molecule has 2 rings (SSSR count). The lowest BCUT2D eigenvalue weighted by Gasteiger charge is -2.06. The highest BCUT2D eigenvalue weighted by Crippen LogP contribution is 2.24. The molecule has 0 N–H and O–H groups in total. The summed E-state index contributed by atoms with van der Waals surface area (Å²) in [5, 5.41) is 11.3. The maximum atomic E-state index is 10.8. The lowest BCUT2D eigenvalue weighted by Crippen LogP contribution is -2.00. The molecule has 0 aliphatic heterocycles. The van der Waals surface area contributed by atoms with Gasteiger partial charge in [0.2, 0.25) is 0 Å². The molecule has 0 fully saturated rings. The molecule has 1 heterocycles. The van der Waals surface area contributed by atoms with E-state index >= 15 is 0 Å². The SMILES string of the molecule is O=[N+]([O-])c1ccc(Cl)cc1COc1cccnc1. The first kappa shape index (κ1) is 12.3. The molecule has 6 heteroatoms. The number of nitrogens with zero attached hydrogens (tertiary/aromatic N) is 2. The quantitative estimate of drug-likeness (QED) is 0.628. The van der Waals surface area contributed by atoms with E-state index in [2.05, 4.69) is 4.98 Å². The third-order valence-electron chi connectivity index (χ3n) is 2.27. The summed E-state index contributed by atoms with van der Waals surface area (Å²) in [6.07, 6.45) is 3.16. The average Bonchev–Trinajstić information content (AvgIpc) is 2.37. The van der Waals surface area contributed by atoms with Crippen molar-refractivity contribution < 1.29 is 9.66 Å². The zero-order chi connectivity index (χ0) is 13.0. The van der Waals surface area contributed by atoms with Gasteiger partial charge in [0.25, 0.3) is 5.69 Å². The fourth-order valence-electron chi connectivity index (χ4n) is 1.44. The number of rotatable bonds is 4. The highest BCUT2D eigenvalue weighted by Gasteiger charge is 2.14. The standard InChI is InChI=1S/C12H9ClN2O3/c13-10-3-4-12(15(16)17)9(6-10)8-18-11-2-1-5-14-7-11/h1-7H,8H2. The van der Waals surface area contributed by atoms with Gasteiger partial charge >= 0.3 is 0 Å². The molecule has 0 saturated heterocycles. The lowest BCUT2D eigenvalue weighted by molar-refractivity contribution is -0.385. The van der Waals surface area contributed by atoms with E-state index in [4.69, 9.17) is 16.3 Å². The molecule has 0 spiro atoms. The van der Waals surface area contributed by atoms with Crippen molar-refractivity contribution in [2.75, 3.05) is 0 Å². The Bertz CT molecular complexity index is 561. The molecular weight excluding hydrogens is 256 g/mol. The van der Waals surface area contributed by atoms with E-state index in [0.29, 0.717) is 16.3 Å². The summed E-state index contributed by atoms with van der Waals surface area (Å²) >= 11 is 5.81. The fraction of sp³-hybridized carbons (Fsp3) is 0.0833. The third kappa shape index (κ3) is 2.95. The molecule has 0 aliphatic rings. The van der Waals surface area contributed by atoms with Gasteiger partial charge in [-0.05, 0) is 24.3 Å². The maximum absolute atomic E-state index is 10.8. The van der Waals surface area contributed by atoms with Gasteiger partial charge in [-0.3, -0.25) is 15.1 Å². The second-order valence-corrected chi connectivity index (χ2v) is 3.94. The first-order valence-corrected chi connectivity index (χ1v) is 5.50. The molecule has 0 amide bonds. The van der Waals surface area contributed by atoms with Crippen LogP contribution in [0.3, 0.4) is 0 Å². The van der Waals surface area contributed by atoms with Gasteiger partial charge in [-0.1, -0.05) is 11.6 Å². The van der Waals surface area contributed by atoms with Crippen LogP contribution in [0, 0.1) is 10.1 Å². The van der Waals surface area contributed by atoms with Crippen molar-refractivity contribution in [2.45, 2.75) is 6.61 Å². The number of pyridine rings is 1. The highest BCUT2D eigenvalue weighted by molar-refractivity contribution is 6.30. The molecule has 0 unspecified atom stereocenters. The summed E-state index contributed by atoms with van der Waals surface area (Å²) in [5.74, 6) is 0.548. The van der Waals surface area contributed by atoms with Crippen molar-refractivity contribution in [2.24, 2.45) is 0 Å². The van der Waals surface area contributed by atoms with Crippen molar-refractivity contribution in [1.82, 2.24) is 4.98 Å². The van der Waals surface area contributed by atoms with E-state index in [0.717, 1.165) is 0 Å². The summed E-state index contributed by atoms with van der Waals surface area (Å²) in [6.45, 7) is 0.0720. The molecule has 2 aromatic rings. The predicted octanol–water partition coefficient (Wildman–Crippen LogP) is 3.22. The molecule has 0 saturated carbocycles. The van der Waals surface area contributed by atoms with Crippen LogP contribution in [0.25, 0.3) is 0 Å². The van der Waals surface area contributed by atoms with Gasteiger partial charge in [-0.25, -0.2) is 0 Å². The minimum Gasteiger partial charge on any atom is -0.487 e. The van der Waals surface area contributed by atoms with E-state index in [9.17, 15) is 10.1 Å². The summed E-state index contributed by atoms with van der Waals surface area (Å²) in [4.78, 5) is 14.3. The maximum Gasteiger partial charge on any atom is 0.276 e. The first-order chi connectivity index (χ1) is 8.66. The zero-order valence-electron chi connectivity index (χ0n) is 9.25. The number of nitro groups is 1. The lowest BCUT2D eigenvalue weighted by atomic mass is 10.2. The van der Waals surface area contributed by atoms with Crippen LogP contribution >= 0.6 is 11.6 Å². The molecule has 0 bridgehead atoms. The second kappa shape index (κ2) is 5.46. The summed E-state index contributed by atoms with van der Waals surface area (Å²) < 4.78 is 5.41. The molecule has 5 nitrogen and oxygen atoms in total. The van der Waals surface area contributed by atoms with E-state index < -0.39 is 4.92 Å². The molecule has 1 aromatic heterocycles. The minimum atomic E-state index is -0.460. The van der Waals surface area contributed by atoms with Crippen LogP contribution in [0.4, 0.5) is 5.69 Å². The Morgan fingerprint density at radius 2 is 2.22 bits per heavy atom. The van der Waals surface area contributed by atoms with Crippen molar-refractivity contribution in [1.29, 1.82) is 0 Å². The van der Waals surface area contributed by atoms with Gasteiger partial charge in [0.1, 0.15) is 12.4 Å². The number of benzene rings is 1. The van der Waals surface area contributed by atoms with Gasteiger partial charge in [0, 0.05) is 17.3 Å². The molecule has 0 atom stereocenters. The van der Waals surface area contributed by atoms with Crippen molar-refractivity contribution >= 4 is 17.3 Å². The Balaban J connectivity index is 2.18. The topological polar surface area (TPSA) is 65.3 Å². The van der Waals surface area contributed by atoms with E-state index in [1.165, 1.54) is 24.4 Å². The van der Waals surface area contributed by atoms with E-state index in [1.807, 2.05) is 0 Å². The smallest absolute Gasteiger partial charge is 0.276 e. The zero-order valence-corrected chi connectivity index (χ0v) is 10.0. The van der Waals surface area contributed by atoms with Gasteiger partial charge < -0.3 is 4.74 Å². The Labute approximate surface area is 108 Å². The van der Waals surface area contributed by atoms with Crippen LogP contribution in [0.5, 0.6) is 5.75 Å². The van der Waals surface area contributed by atoms with Crippen LogP contribution in [0.15, 0.2) is 42.7 Å². The third-order valence-corrected chi connectivity index (χ3v) is 2.50. The van der Waals surface area contributed by atoms with Crippen LogP contribution in [-0.4, -0.2) is 9.91 Å². The second-order valence-electron chi connectivity index (χ2n) is 3.51. The number of halogens is 1. The molecular formula is C12H9ClN2O3. The van der Waals surface area contributed by atoms with Crippen LogP contribution < -0.4 is 4.74 Å². The molecule has 0 aliphatic carbocycles. The largest absolute Gasteiger partial charge is 0.487 e. The van der Waals surface area contributed by atoms with Crippen molar-refractivity contribution in [3.8, 4) is 5.75 Å². The Kier molecular flexibility index (Phi) is 3.74. The Morgan fingerprint density at radius 3 is 2.89 bits per heavy atom. The van der Waals surface area contributed by atoms with Crippen LogP contribution in [-0.2, 0) is 6.61 Å². The van der Waals surface area contributed by atoms with Gasteiger partial charge in [0.15, 0.2) is 0 Å². The van der Waals surface area contributed by atoms with Gasteiger partial charge in [-0.2, -0.15) is 0 Å². The minimum absolute atomic E-state index is 0.0108. The Morgan fingerprint density at radius 1 is 1.39 bits per heavy atom. The predicted molar refractivity (Wildman–Crippen MR) is 66.7 cm³/mol. The molecule has 1 aromatic carbocycles. The van der Waals surface area contributed by atoms with E-state index in [1.54, 1.807) is 18.3 Å². The van der Waals surface area contributed by atoms with Crippen molar-refractivity contribution in [3.05, 3.63) is 63.4 Å². The molecule has 92 valence electrons. The van der Waals surface area contributed by atoms with Crippen molar-refractivity contribution in [3.63, 3.8) is 0 Å². The molecule has 18 heavy (non-hydrogen) atoms. The number of hydrogen-bond acceptors (Lipinski definition) is 4. The highest BCUT2D eigenvalue weighted by atomic mass is 35.5. The van der Waals surface area contributed by atoms with Gasteiger partial charge in [-0.15, -0.1) is 0 Å². The van der Waals surface area contributed by atoms with Gasteiger partial charge in [0.05, 0.1) is 16.7 Å².